The molecule has 0 aromatic heterocycles. The lowest BCUT2D eigenvalue weighted by Gasteiger charge is -2.26. The van der Waals surface area contributed by atoms with Crippen LogP contribution in [0.2, 0.25) is 0 Å². The van der Waals surface area contributed by atoms with E-state index in [1.165, 1.54) is 77.6 Å². The largest absolute Gasteiger partial charge is 0.493 e. The molecule has 2 rings (SSSR count). The molecule has 0 aliphatic heterocycles. The molecular formula is C36H55NO4. The highest BCUT2D eigenvalue weighted by atomic mass is 16.5. The summed E-state index contributed by atoms with van der Waals surface area (Å²) in [5.74, 6) is 0.566. The number of carbonyl (C=O) groups excluding carboxylic acids is 2. The molecule has 0 atom stereocenters. The van der Waals surface area contributed by atoms with Gasteiger partial charge in [-0.3, -0.25) is 9.59 Å². The maximum atomic E-state index is 12.6. The molecule has 0 saturated carbocycles. The maximum absolute atomic E-state index is 12.6. The summed E-state index contributed by atoms with van der Waals surface area (Å²) in [5.41, 5.74) is 3.74. The van der Waals surface area contributed by atoms with Crippen LogP contribution in [0.4, 0.5) is 5.69 Å². The van der Waals surface area contributed by atoms with Crippen molar-refractivity contribution in [2.45, 2.75) is 137 Å². The summed E-state index contributed by atoms with van der Waals surface area (Å²) in [6, 6.07) is 13.9. The van der Waals surface area contributed by atoms with Crippen molar-refractivity contribution in [2.24, 2.45) is 0 Å². The van der Waals surface area contributed by atoms with Gasteiger partial charge in [-0.1, -0.05) is 117 Å². The van der Waals surface area contributed by atoms with Crippen LogP contribution in [0.5, 0.6) is 5.75 Å². The third kappa shape index (κ3) is 13.6. The van der Waals surface area contributed by atoms with Gasteiger partial charge in [0.2, 0.25) is 5.91 Å². The van der Waals surface area contributed by atoms with Crippen LogP contribution in [0.1, 0.15) is 135 Å². The number of hydrogen-bond acceptors (Lipinski definition) is 4. The van der Waals surface area contributed by atoms with E-state index in [-0.39, 0.29) is 23.9 Å². The second-order valence-corrected chi connectivity index (χ2v) is 12.4. The summed E-state index contributed by atoms with van der Waals surface area (Å²) < 4.78 is 11.4. The predicted octanol–water partition coefficient (Wildman–Crippen LogP) is 9.68. The number of anilines is 1. The first-order valence-corrected chi connectivity index (χ1v) is 15.9. The van der Waals surface area contributed by atoms with Crippen molar-refractivity contribution >= 4 is 17.6 Å². The van der Waals surface area contributed by atoms with E-state index in [4.69, 9.17) is 9.47 Å². The molecule has 0 unspecified atom stereocenters. The van der Waals surface area contributed by atoms with Crippen molar-refractivity contribution in [3.63, 3.8) is 0 Å². The minimum absolute atomic E-state index is 0.0424. The molecular weight excluding hydrogens is 510 g/mol. The molecule has 228 valence electrons. The van der Waals surface area contributed by atoms with Crippen LogP contribution in [0.3, 0.4) is 0 Å². The maximum Gasteiger partial charge on any atom is 0.302 e. The van der Waals surface area contributed by atoms with E-state index >= 15 is 0 Å². The van der Waals surface area contributed by atoms with Crippen LogP contribution in [0.25, 0.3) is 0 Å². The first-order valence-electron chi connectivity index (χ1n) is 15.9. The Kier molecular flexibility index (Phi) is 15.6. The van der Waals surface area contributed by atoms with E-state index in [1.807, 2.05) is 24.3 Å². The number of nitrogens with zero attached hydrogens (tertiary/aromatic N) is 1. The summed E-state index contributed by atoms with van der Waals surface area (Å²) in [6.07, 6.45) is 16.0. The molecule has 0 saturated heterocycles. The number of hydrogen-bond donors (Lipinski definition) is 0. The molecule has 0 radical (unpaired) electrons. The lowest BCUT2D eigenvalue weighted by Crippen LogP contribution is -2.28. The summed E-state index contributed by atoms with van der Waals surface area (Å²) in [5, 5.41) is 0. The Balaban J connectivity index is 1.89. The Morgan fingerprint density at radius 2 is 1.37 bits per heavy atom. The Bertz CT molecular complexity index is 1060. The quantitative estimate of drug-likeness (QED) is 0.126. The average Bonchev–Trinajstić information content (AvgIpc) is 2.93. The van der Waals surface area contributed by atoms with E-state index < -0.39 is 0 Å². The Hall–Kier alpha value is -2.82. The van der Waals surface area contributed by atoms with Gasteiger partial charge in [0.05, 0.1) is 13.2 Å². The zero-order valence-electron chi connectivity index (χ0n) is 26.7. The molecule has 2 aromatic rings. The van der Waals surface area contributed by atoms with E-state index in [0.29, 0.717) is 6.54 Å². The Labute approximate surface area is 250 Å². The lowest BCUT2D eigenvalue weighted by atomic mass is 9.85. The molecule has 5 heteroatoms. The fourth-order valence-electron chi connectivity index (χ4n) is 5.08. The molecule has 41 heavy (non-hydrogen) atoms. The summed E-state index contributed by atoms with van der Waals surface area (Å²) >= 11 is 0. The second-order valence-electron chi connectivity index (χ2n) is 12.4. The van der Waals surface area contributed by atoms with Gasteiger partial charge >= 0.3 is 5.97 Å². The molecule has 0 heterocycles. The smallest absolute Gasteiger partial charge is 0.302 e. The van der Waals surface area contributed by atoms with Crippen LogP contribution in [0.15, 0.2) is 42.5 Å². The molecule has 0 aliphatic carbocycles. The van der Waals surface area contributed by atoms with Gasteiger partial charge < -0.3 is 14.4 Å². The molecule has 0 N–H and O–H groups in total. The highest BCUT2D eigenvalue weighted by Crippen LogP contribution is 2.33. The number of amides is 1. The van der Waals surface area contributed by atoms with Crippen molar-refractivity contribution in [2.75, 3.05) is 11.5 Å². The fourth-order valence-corrected chi connectivity index (χ4v) is 5.08. The Morgan fingerprint density at radius 1 is 0.756 bits per heavy atom. The van der Waals surface area contributed by atoms with Gasteiger partial charge in [-0.2, -0.15) is 0 Å². The van der Waals surface area contributed by atoms with Gasteiger partial charge in [-0.15, -0.1) is 0 Å². The summed E-state index contributed by atoms with van der Waals surface area (Å²) in [6.45, 7) is 13.2. The van der Waals surface area contributed by atoms with Crippen molar-refractivity contribution in [1.82, 2.24) is 0 Å². The number of esters is 1. The third-order valence-electron chi connectivity index (χ3n) is 7.49. The van der Waals surface area contributed by atoms with Crippen LogP contribution in [-0.2, 0) is 32.9 Å². The SMILES string of the molecule is CCCCCCCCCCCCCCOc1ccc(CN(C(C)=O)c2cccc(COC(C)=O)c2)cc1C(C)(C)C. The third-order valence-corrected chi connectivity index (χ3v) is 7.49. The highest BCUT2D eigenvalue weighted by molar-refractivity contribution is 5.91. The van der Waals surface area contributed by atoms with Crippen LogP contribution in [-0.4, -0.2) is 18.5 Å². The zero-order valence-corrected chi connectivity index (χ0v) is 26.7. The normalized spacial score (nSPS) is 11.4. The number of unbranched alkanes of at least 4 members (excludes halogenated alkanes) is 11. The minimum Gasteiger partial charge on any atom is -0.493 e. The lowest BCUT2D eigenvalue weighted by molar-refractivity contribution is -0.142. The van der Waals surface area contributed by atoms with Crippen LogP contribution in [0, 0.1) is 0 Å². The van der Waals surface area contributed by atoms with E-state index in [0.717, 1.165) is 41.2 Å². The monoisotopic (exact) mass is 565 g/mol. The standard InChI is InChI=1S/C36H55NO4/c1-7-8-9-10-11-12-13-14-15-16-17-18-24-40-35-23-22-31(26-34(35)36(4,5)6)27-37(29(2)38)33-21-19-20-32(25-33)28-41-30(3)39/h19-23,25-26H,7-18,24,27-28H2,1-6H3. The van der Waals surface area contributed by atoms with E-state index in [2.05, 4.69) is 45.9 Å². The molecule has 0 fully saturated rings. The van der Waals surface area contributed by atoms with Gasteiger partial charge in [0, 0.05) is 19.5 Å². The molecule has 0 bridgehead atoms. The van der Waals surface area contributed by atoms with Gasteiger partial charge in [-0.25, -0.2) is 0 Å². The topological polar surface area (TPSA) is 55.8 Å². The van der Waals surface area contributed by atoms with Crippen molar-refractivity contribution < 1.29 is 19.1 Å². The molecule has 0 aliphatic rings. The second kappa shape index (κ2) is 18.6. The Morgan fingerprint density at radius 3 is 1.93 bits per heavy atom. The highest BCUT2D eigenvalue weighted by Gasteiger charge is 2.21. The number of benzene rings is 2. The number of rotatable bonds is 19. The first kappa shape index (κ1) is 34.4. The van der Waals surface area contributed by atoms with E-state index in [9.17, 15) is 9.59 Å². The van der Waals surface area contributed by atoms with Crippen molar-refractivity contribution in [3.8, 4) is 5.75 Å². The van der Waals surface area contributed by atoms with Crippen LogP contribution >= 0.6 is 0 Å². The van der Waals surface area contributed by atoms with Gasteiger partial charge in [0.15, 0.2) is 0 Å². The predicted molar refractivity (Wildman–Crippen MR) is 170 cm³/mol. The van der Waals surface area contributed by atoms with Crippen molar-refractivity contribution in [1.29, 1.82) is 0 Å². The molecule has 2 aromatic carbocycles. The number of ether oxygens (including phenoxy) is 2. The fraction of sp³-hybridized carbons (Fsp3) is 0.611. The van der Waals surface area contributed by atoms with Gasteiger partial charge in [0.25, 0.3) is 0 Å². The molecule has 5 nitrogen and oxygen atoms in total. The first-order chi connectivity index (χ1) is 19.6. The van der Waals surface area contributed by atoms with Crippen molar-refractivity contribution in [3.05, 3.63) is 59.2 Å². The molecule has 1 amide bonds. The zero-order chi connectivity index (χ0) is 30.1. The summed E-state index contributed by atoms with van der Waals surface area (Å²) in [4.78, 5) is 25.6. The minimum atomic E-state index is -0.324. The summed E-state index contributed by atoms with van der Waals surface area (Å²) in [7, 11) is 0. The van der Waals surface area contributed by atoms with Gasteiger partial charge in [-0.05, 0) is 52.8 Å². The van der Waals surface area contributed by atoms with E-state index in [1.54, 1.807) is 11.8 Å². The average molecular weight is 566 g/mol. The van der Waals surface area contributed by atoms with Gasteiger partial charge in [0.1, 0.15) is 12.4 Å². The number of carbonyl (C=O) groups is 2. The van der Waals surface area contributed by atoms with Crippen LogP contribution < -0.4 is 9.64 Å². The molecule has 0 spiro atoms.